The predicted molar refractivity (Wildman–Crippen MR) is 67.5 cm³/mol. The summed E-state index contributed by atoms with van der Waals surface area (Å²) in [6.45, 7) is 2.02. The Hall–Kier alpha value is -1.39. The van der Waals surface area contributed by atoms with Crippen molar-refractivity contribution in [1.29, 1.82) is 0 Å². The predicted octanol–water partition coefficient (Wildman–Crippen LogP) is 1.81. The standard InChI is InChI=1S/C13H21FN2O2/c1-2-3-4-5-12(14)13(18)16-11-7-6-10(8-11)15-9-17/h5,9-11H,2-4,6-8H2,1H3,(H,15,17)(H,16,18). The average Bonchev–Trinajstić information content (AvgIpc) is 2.77. The van der Waals surface area contributed by atoms with E-state index in [-0.39, 0.29) is 12.1 Å². The molecule has 102 valence electrons. The summed E-state index contributed by atoms with van der Waals surface area (Å²) in [6, 6.07) is 0.0557. The van der Waals surface area contributed by atoms with Gasteiger partial charge in [-0.3, -0.25) is 9.59 Å². The molecule has 1 saturated carbocycles. The van der Waals surface area contributed by atoms with Crippen LogP contribution in [0.15, 0.2) is 11.9 Å². The summed E-state index contributed by atoms with van der Waals surface area (Å²) in [5.74, 6) is -1.34. The van der Waals surface area contributed by atoms with Gasteiger partial charge in [0.2, 0.25) is 6.41 Å². The Morgan fingerprint density at radius 3 is 2.78 bits per heavy atom. The van der Waals surface area contributed by atoms with Crippen LogP contribution in [0.25, 0.3) is 0 Å². The number of hydrogen-bond acceptors (Lipinski definition) is 2. The lowest BCUT2D eigenvalue weighted by atomic mass is 10.2. The molecule has 2 unspecified atom stereocenters. The molecule has 1 aliphatic carbocycles. The van der Waals surface area contributed by atoms with Crippen molar-refractivity contribution in [1.82, 2.24) is 10.6 Å². The van der Waals surface area contributed by atoms with Crippen molar-refractivity contribution < 1.29 is 14.0 Å². The highest BCUT2D eigenvalue weighted by molar-refractivity contribution is 5.91. The number of amides is 2. The summed E-state index contributed by atoms with van der Waals surface area (Å²) in [5.41, 5.74) is 0. The Labute approximate surface area is 107 Å². The summed E-state index contributed by atoms with van der Waals surface area (Å²) < 4.78 is 13.4. The number of carbonyl (C=O) groups excluding carboxylic acids is 2. The third-order valence-corrected chi connectivity index (χ3v) is 3.17. The third kappa shape index (κ3) is 4.85. The molecule has 4 nitrogen and oxygen atoms in total. The van der Waals surface area contributed by atoms with Gasteiger partial charge in [-0.15, -0.1) is 0 Å². The van der Waals surface area contributed by atoms with Crippen LogP contribution >= 0.6 is 0 Å². The molecule has 1 aliphatic rings. The molecule has 0 radical (unpaired) electrons. The third-order valence-electron chi connectivity index (χ3n) is 3.17. The van der Waals surface area contributed by atoms with Crippen molar-refractivity contribution in [2.75, 3.05) is 0 Å². The van der Waals surface area contributed by atoms with E-state index in [9.17, 15) is 14.0 Å². The fraction of sp³-hybridized carbons (Fsp3) is 0.692. The Balaban J connectivity index is 2.32. The quantitative estimate of drug-likeness (QED) is 0.414. The fourth-order valence-electron chi connectivity index (χ4n) is 2.14. The maximum Gasteiger partial charge on any atom is 0.279 e. The second-order valence-electron chi connectivity index (χ2n) is 4.66. The highest BCUT2D eigenvalue weighted by atomic mass is 19.1. The number of carbonyl (C=O) groups is 2. The zero-order chi connectivity index (χ0) is 13.4. The van der Waals surface area contributed by atoms with Crippen LogP contribution in [0, 0.1) is 0 Å². The van der Waals surface area contributed by atoms with E-state index < -0.39 is 11.7 Å². The number of rotatable bonds is 7. The molecule has 5 heteroatoms. The first-order valence-electron chi connectivity index (χ1n) is 6.53. The van der Waals surface area contributed by atoms with Crippen molar-refractivity contribution in [3.63, 3.8) is 0 Å². The van der Waals surface area contributed by atoms with E-state index in [0.29, 0.717) is 19.3 Å². The van der Waals surface area contributed by atoms with Gasteiger partial charge in [-0.1, -0.05) is 13.3 Å². The Morgan fingerprint density at radius 2 is 2.11 bits per heavy atom. The highest BCUT2D eigenvalue weighted by Crippen LogP contribution is 2.19. The van der Waals surface area contributed by atoms with Crippen LogP contribution in [0.1, 0.15) is 45.4 Å². The molecule has 0 heterocycles. The van der Waals surface area contributed by atoms with Gasteiger partial charge in [-0.25, -0.2) is 4.39 Å². The minimum Gasteiger partial charge on any atom is -0.356 e. The van der Waals surface area contributed by atoms with Crippen molar-refractivity contribution in [2.24, 2.45) is 0 Å². The first-order valence-corrected chi connectivity index (χ1v) is 6.53. The van der Waals surface area contributed by atoms with E-state index in [1.807, 2.05) is 6.92 Å². The number of halogens is 1. The van der Waals surface area contributed by atoms with Gasteiger partial charge >= 0.3 is 0 Å². The van der Waals surface area contributed by atoms with Gasteiger partial charge < -0.3 is 10.6 Å². The zero-order valence-electron chi connectivity index (χ0n) is 10.7. The maximum absolute atomic E-state index is 13.4. The lowest BCUT2D eigenvalue weighted by Crippen LogP contribution is -2.35. The molecule has 1 rings (SSSR count). The smallest absolute Gasteiger partial charge is 0.279 e. The molecule has 0 aromatic carbocycles. The SMILES string of the molecule is CCCCC=C(F)C(=O)NC1CCC(NC=O)C1. The summed E-state index contributed by atoms with van der Waals surface area (Å²) in [6.07, 6.45) is 6.74. The summed E-state index contributed by atoms with van der Waals surface area (Å²) in [7, 11) is 0. The van der Waals surface area contributed by atoms with Crippen LogP contribution < -0.4 is 10.6 Å². The molecule has 0 aliphatic heterocycles. The minimum atomic E-state index is -0.699. The molecule has 0 aromatic heterocycles. The number of hydrogen-bond donors (Lipinski definition) is 2. The van der Waals surface area contributed by atoms with E-state index in [1.165, 1.54) is 6.08 Å². The van der Waals surface area contributed by atoms with Gasteiger partial charge in [0.15, 0.2) is 5.83 Å². The highest BCUT2D eigenvalue weighted by Gasteiger charge is 2.26. The molecule has 2 amide bonds. The van der Waals surface area contributed by atoms with E-state index in [1.54, 1.807) is 0 Å². The van der Waals surface area contributed by atoms with Crippen molar-refractivity contribution in [3.05, 3.63) is 11.9 Å². The first kappa shape index (κ1) is 14.7. The first-order chi connectivity index (χ1) is 8.67. The Kier molecular flexibility index (Phi) is 6.39. The minimum absolute atomic E-state index is 0.0414. The van der Waals surface area contributed by atoms with Gasteiger partial charge in [0.25, 0.3) is 5.91 Å². The molecule has 0 spiro atoms. The Bertz CT molecular complexity index is 318. The molecule has 0 aromatic rings. The second-order valence-corrected chi connectivity index (χ2v) is 4.66. The normalized spacial score (nSPS) is 23.8. The van der Waals surface area contributed by atoms with Gasteiger partial charge in [0.1, 0.15) is 0 Å². The Morgan fingerprint density at radius 1 is 1.39 bits per heavy atom. The van der Waals surface area contributed by atoms with Crippen LogP contribution in [0.3, 0.4) is 0 Å². The second kappa shape index (κ2) is 7.84. The number of nitrogens with one attached hydrogen (secondary N) is 2. The van der Waals surface area contributed by atoms with E-state index in [2.05, 4.69) is 10.6 Å². The van der Waals surface area contributed by atoms with Crippen LogP contribution in [0.2, 0.25) is 0 Å². The van der Waals surface area contributed by atoms with Gasteiger partial charge in [-0.2, -0.15) is 0 Å². The van der Waals surface area contributed by atoms with Gasteiger partial charge in [-0.05, 0) is 38.2 Å². The van der Waals surface area contributed by atoms with E-state index in [4.69, 9.17) is 0 Å². The zero-order valence-corrected chi connectivity index (χ0v) is 10.7. The van der Waals surface area contributed by atoms with E-state index >= 15 is 0 Å². The summed E-state index contributed by atoms with van der Waals surface area (Å²) in [4.78, 5) is 21.8. The van der Waals surface area contributed by atoms with Crippen LogP contribution in [-0.2, 0) is 9.59 Å². The molecular weight excluding hydrogens is 235 g/mol. The number of unbranched alkanes of at least 4 members (excludes halogenated alkanes) is 2. The molecule has 18 heavy (non-hydrogen) atoms. The topological polar surface area (TPSA) is 58.2 Å². The molecule has 0 saturated heterocycles. The molecule has 1 fully saturated rings. The molecule has 2 atom stereocenters. The average molecular weight is 256 g/mol. The summed E-state index contributed by atoms with van der Waals surface area (Å²) >= 11 is 0. The monoisotopic (exact) mass is 256 g/mol. The lowest BCUT2D eigenvalue weighted by molar-refractivity contribution is -0.119. The molecule has 0 bridgehead atoms. The van der Waals surface area contributed by atoms with E-state index in [0.717, 1.165) is 25.7 Å². The summed E-state index contributed by atoms with van der Waals surface area (Å²) in [5, 5.41) is 5.33. The van der Waals surface area contributed by atoms with Crippen LogP contribution in [0.4, 0.5) is 4.39 Å². The molecular formula is C13H21FN2O2. The molecule has 2 N–H and O–H groups in total. The largest absolute Gasteiger partial charge is 0.356 e. The fourth-order valence-corrected chi connectivity index (χ4v) is 2.14. The van der Waals surface area contributed by atoms with Crippen LogP contribution in [-0.4, -0.2) is 24.4 Å². The number of allylic oxidation sites excluding steroid dienone is 1. The van der Waals surface area contributed by atoms with Crippen molar-refractivity contribution in [2.45, 2.75) is 57.5 Å². The van der Waals surface area contributed by atoms with Gasteiger partial charge in [0, 0.05) is 12.1 Å². The van der Waals surface area contributed by atoms with Crippen LogP contribution in [0.5, 0.6) is 0 Å². The van der Waals surface area contributed by atoms with Crippen molar-refractivity contribution >= 4 is 12.3 Å². The maximum atomic E-state index is 13.4. The van der Waals surface area contributed by atoms with Gasteiger partial charge in [0.05, 0.1) is 0 Å². The lowest BCUT2D eigenvalue weighted by Gasteiger charge is -2.12. The van der Waals surface area contributed by atoms with Crippen molar-refractivity contribution in [3.8, 4) is 0 Å².